The second-order valence-corrected chi connectivity index (χ2v) is 7.37. The Morgan fingerprint density at radius 1 is 1.03 bits per heavy atom. The monoisotopic (exact) mass is 391 g/mol. The number of amides is 1. The van der Waals surface area contributed by atoms with E-state index in [4.69, 9.17) is 0 Å². The Labute approximate surface area is 166 Å². The van der Waals surface area contributed by atoms with Gasteiger partial charge in [0.25, 0.3) is 5.56 Å². The van der Waals surface area contributed by atoms with Crippen LogP contribution >= 0.6 is 0 Å². The second kappa shape index (κ2) is 7.16. The number of nitrogens with zero attached hydrogens (tertiary/aromatic N) is 2. The first-order valence-electron chi connectivity index (χ1n) is 9.56. The highest BCUT2D eigenvalue weighted by Crippen LogP contribution is 2.21. The van der Waals surface area contributed by atoms with Crippen LogP contribution in [0.3, 0.4) is 0 Å². The first kappa shape index (κ1) is 18.9. The number of nitrogens with one attached hydrogen (secondary N) is 1. The number of carbonyl (C=O) groups excluding carboxylic acids is 2. The number of hydrogen-bond acceptors (Lipinski definition) is 4. The van der Waals surface area contributed by atoms with Crippen LogP contribution in [0.5, 0.6) is 0 Å². The van der Waals surface area contributed by atoms with Gasteiger partial charge < -0.3 is 5.32 Å². The summed E-state index contributed by atoms with van der Waals surface area (Å²) in [6.45, 7) is 3.10. The van der Waals surface area contributed by atoms with Gasteiger partial charge in [-0.25, -0.2) is 9.36 Å². The van der Waals surface area contributed by atoms with Crippen LogP contribution in [0.4, 0.5) is 0 Å². The summed E-state index contributed by atoms with van der Waals surface area (Å²) in [5.74, 6) is -0.359. The molecule has 2 aromatic carbocycles. The van der Waals surface area contributed by atoms with Crippen LogP contribution in [-0.2, 0) is 4.79 Å². The number of hydrogen-bond donors (Lipinski definition) is 1. The van der Waals surface area contributed by atoms with E-state index in [0.29, 0.717) is 22.2 Å². The van der Waals surface area contributed by atoms with Gasteiger partial charge in [0.05, 0.1) is 16.6 Å². The second-order valence-electron chi connectivity index (χ2n) is 7.37. The molecule has 1 aromatic heterocycles. The van der Waals surface area contributed by atoms with Gasteiger partial charge in [-0.3, -0.25) is 19.0 Å². The van der Waals surface area contributed by atoms with Crippen molar-refractivity contribution in [2.45, 2.75) is 38.8 Å². The molecule has 0 aliphatic heterocycles. The highest BCUT2D eigenvalue weighted by Gasteiger charge is 2.28. The van der Waals surface area contributed by atoms with E-state index in [1.807, 2.05) is 0 Å². The van der Waals surface area contributed by atoms with E-state index < -0.39 is 17.3 Å². The summed E-state index contributed by atoms with van der Waals surface area (Å²) >= 11 is 0. The summed E-state index contributed by atoms with van der Waals surface area (Å²) in [7, 11) is 0. The van der Waals surface area contributed by atoms with Gasteiger partial charge in [0, 0.05) is 11.6 Å². The quantitative estimate of drug-likeness (QED) is 0.675. The van der Waals surface area contributed by atoms with Crippen LogP contribution < -0.4 is 16.6 Å². The Morgan fingerprint density at radius 3 is 2.31 bits per heavy atom. The Bertz CT molecular complexity index is 1230. The zero-order valence-corrected chi connectivity index (χ0v) is 16.2. The molecule has 1 aliphatic carbocycles. The van der Waals surface area contributed by atoms with E-state index in [1.165, 1.54) is 11.5 Å². The standard InChI is InChI=1S/C22H21N3O4/c1-13(20(27)23-16-9-10-16)24-19-6-4-3-5-18(19)21(28)25(22(24)29)17-11-7-15(8-12-17)14(2)26/h3-8,11-13,16H,9-10H2,1-2H3,(H,23,27)/t13-/m1/s1. The van der Waals surface area contributed by atoms with Gasteiger partial charge >= 0.3 is 5.69 Å². The van der Waals surface area contributed by atoms with Crippen molar-refractivity contribution < 1.29 is 9.59 Å². The van der Waals surface area contributed by atoms with Gasteiger partial charge in [-0.05, 0) is 63.1 Å². The zero-order chi connectivity index (χ0) is 20.7. The highest BCUT2D eigenvalue weighted by molar-refractivity contribution is 5.94. The third-order valence-corrected chi connectivity index (χ3v) is 5.22. The molecule has 0 radical (unpaired) electrons. The average molecular weight is 391 g/mol. The van der Waals surface area contributed by atoms with E-state index in [9.17, 15) is 19.2 Å². The van der Waals surface area contributed by atoms with Crippen molar-refractivity contribution in [2.24, 2.45) is 0 Å². The van der Waals surface area contributed by atoms with Crippen molar-refractivity contribution in [3.8, 4) is 5.69 Å². The topological polar surface area (TPSA) is 90.2 Å². The van der Waals surface area contributed by atoms with Crippen LogP contribution in [-0.4, -0.2) is 26.9 Å². The van der Waals surface area contributed by atoms with Crippen molar-refractivity contribution in [3.63, 3.8) is 0 Å². The Hall–Kier alpha value is -3.48. The molecule has 0 saturated heterocycles. The highest BCUT2D eigenvalue weighted by atomic mass is 16.2. The minimum atomic E-state index is -0.781. The van der Waals surface area contributed by atoms with Crippen LogP contribution in [0, 0.1) is 0 Å². The van der Waals surface area contributed by atoms with E-state index in [1.54, 1.807) is 55.5 Å². The lowest BCUT2D eigenvalue weighted by Gasteiger charge is -2.19. The van der Waals surface area contributed by atoms with Crippen molar-refractivity contribution in [1.29, 1.82) is 0 Å². The average Bonchev–Trinajstić information content (AvgIpc) is 3.52. The summed E-state index contributed by atoms with van der Waals surface area (Å²) in [6, 6.07) is 12.4. The van der Waals surface area contributed by atoms with Gasteiger partial charge in [0.1, 0.15) is 6.04 Å². The maximum Gasteiger partial charge on any atom is 0.336 e. The van der Waals surface area contributed by atoms with Gasteiger partial charge in [0.2, 0.25) is 5.91 Å². The number of ketones is 1. The van der Waals surface area contributed by atoms with Crippen LogP contribution in [0.15, 0.2) is 58.1 Å². The molecule has 0 unspecified atom stereocenters. The number of aromatic nitrogens is 2. The molecule has 1 amide bonds. The third-order valence-electron chi connectivity index (χ3n) is 5.22. The van der Waals surface area contributed by atoms with Crippen LogP contribution in [0.25, 0.3) is 16.6 Å². The van der Waals surface area contributed by atoms with E-state index in [2.05, 4.69) is 5.32 Å². The Morgan fingerprint density at radius 2 is 1.69 bits per heavy atom. The number of Topliss-reactive ketones (excluding diaryl/α,β-unsaturated/α-hetero) is 1. The van der Waals surface area contributed by atoms with Crippen molar-refractivity contribution >= 4 is 22.6 Å². The zero-order valence-electron chi connectivity index (χ0n) is 16.2. The lowest BCUT2D eigenvalue weighted by atomic mass is 10.1. The van der Waals surface area contributed by atoms with Crippen molar-refractivity contribution in [1.82, 2.24) is 14.5 Å². The fourth-order valence-corrected chi connectivity index (χ4v) is 3.40. The molecule has 3 aromatic rings. The minimum absolute atomic E-state index is 0.106. The fraction of sp³-hybridized carbons (Fsp3) is 0.273. The van der Waals surface area contributed by atoms with Crippen molar-refractivity contribution in [3.05, 3.63) is 74.9 Å². The molecule has 148 valence electrons. The molecular weight excluding hydrogens is 370 g/mol. The molecule has 1 atom stereocenters. The molecule has 1 heterocycles. The molecule has 1 fully saturated rings. The Kier molecular flexibility index (Phi) is 4.66. The number of benzene rings is 2. The van der Waals surface area contributed by atoms with Gasteiger partial charge in [-0.15, -0.1) is 0 Å². The Balaban J connectivity index is 1.93. The van der Waals surface area contributed by atoms with E-state index >= 15 is 0 Å². The summed E-state index contributed by atoms with van der Waals surface area (Å²) in [4.78, 5) is 50.6. The molecule has 29 heavy (non-hydrogen) atoms. The van der Waals surface area contributed by atoms with Crippen LogP contribution in [0.2, 0.25) is 0 Å². The van der Waals surface area contributed by atoms with Gasteiger partial charge in [-0.2, -0.15) is 0 Å². The molecule has 1 N–H and O–H groups in total. The van der Waals surface area contributed by atoms with E-state index in [0.717, 1.165) is 17.4 Å². The molecule has 0 spiro atoms. The summed E-state index contributed by atoms with van der Waals surface area (Å²) in [6.07, 6.45) is 1.88. The number of rotatable bonds is 5. The van der Waals surface area contributed by atoms with Crippen molar-refractivity contribution in [2.75, 3.05) is 0 Å². The first-order chi connectivity index (χ1) is 13.9. The van der Waals surface area contributed by atoms with Gasteiger partial charge in [-0.1, -0.05) is 12.1 Å². The predicted molar refractivity (Wildman–Crippen MR) is 110 cm³/mol. The third kappa shape index (κ3) is 3.40. The van der Waals surface area contributed by atoms with Crippen LogP contribution in [0.1, 0.15) is 43.1 Å². The van der Waals surface area contributed by atoms with E-state index in [-0.39, 0.29) is 17.7 Å². The maximum absolute atomic E-state index is 13.3. The summed E-state index contributed by atoms with van der Waals surface area (Å²) in [5, 5.41) is 3.26. The summed E-state index contributed by atoms with van der Waals surface area (Å²) in [5.41, 5.74) is 0.187. The molecule has 0 bridgehead atoms. The normalized spacial score (nSPS) is 14.6. The largest absolute Gasteiger partial charge is 0.352 e. The molecule has 1 saturated carbocycles. The summed E-state index contributed by atoms with van der Waals surface area (Å²) < 4.78 is 2.40. The number of fused-ring (bicyclic) bond motifs is 1. The van der Waals surface area contributed by atoms with Gasteiger partial charge in [0.15, 0.2) is 5.78 Å². The lowest BCUT2D eigenvalue weighted by Crippen LogP contribution is -2.44. The molecule has 4 rings (SSSR count). The molecule has 7 heteroatoms. The predicted octanol–water partition coefficient (Wildman–Crippen LogP) is 2.19. The molecular formula is C22H21N3O4. The number of carbonyl (C=O) groups is 2. The lowest BCUT2D eigenvalue weighted by molar-refractivity contribution is -0.124. The SMILES string of the molecule is CC(=O)c1ccc(-n2c(=O)c3ccccc3n([C@H](C)C(=O)NC3CC3)c2=O)cc1. The smallest absolute Gasteiger partial charge is 0.336 e. The first-order valence-corrected chi connectivity index (χ1v) is 9.56. The maximum atomic E-state index is 13.3. The fourth-order valence-electron chi connectivity index (χ4n) is 3.40. The minimum Gasteiger partial charge on any atom is -0.352 e. The molecule has 1 aliphatic rings. The molecule has 7 nitrogen and oxygen atoms in total. The number of para-hydroxylation sites is 1.